The molecular formula is C18H24N4O3S2. The zero-order chi connectivity index (χ0) is 19.3. The van der Waals surface area contributed by atoms with Crippen molar-refractivity contribution >= 4 is 32.4 Å². The standard InChI is InChI=1S/C18H24N4O3S2/c1-2-3-7-16-20-21-18(26-16)19-17(23)14-8-10-15(11-9-14)27(24,25)22-12-5-4-6-13-22/h8-11H,2-7,12-13H2,1H3,(H,19,21,23). The molecule has 0 spiro atoms. The number of hydrogen-bond acceptors (Lipinski definition) is 6. The maximum atomic E-state index is 12.7. The van der Waals surface area contributed by atoms with E-state index in [0.29, 0.717) is 23.8 Å². The van der Waals surface area contributed by atoms with E-state index in [1.165, 1.54) is 39.9 Å². The number of rotatable bonds is 7. The maximum Gasteiger partial charge on any atom is 0.257 e. The first-order valence-corrected chi connectivity index (χ1v) is 11.5. The zero-order valence-electron chi connectivity index (χ0n) is 15.3. The first-order chi connectivity index (χ1) is 13.0. The number of amides is 1. The number of piperidine rings is 1. The number of aryl methyl sites for hydroxylation is 1. The van der Waals surface area contributed by atoms with Crippen molar-refractivity contribution in [2.24, 2.45) is 0 Å². The first kappa shape index (κ1) is 19.9. The van der Waals surface area contributed by atoms with Gasteiger partial charge in [0.2, 0.25) is 15.2 Å². The number of benzene rings is 1. The van der Waals surface area contributed by atoms with Crippen LogP contribution in [-0.4, -0.2) is 41.9 Å². The molecule has 1 aliphatic rings. The van der Waals surface area contributed by atoms with Crippen LogP contribution in [0.4, 0.5) is 5.13 Å². The number of unbranched alkanes of at least 4 members (excludes halogenated alkanes) is 1. The molecule has 0 radical (unpaired) electrons. The summed E-state index contributed by atoms with van der Waals surface area (Å²) in [5.41, 5.74) is 0.387. The van der Waals surface area contributed by atoms with Crippen LogP contribution in [0.25, 0.3) is 0 Å². The zero-order valence-corrected chi connectivity index (χ0v) is 17.0. The second kappa shape index (κ2) is 8.90. The van der Waals surface area contributed by atoms with E-state index in [1.54, 1.807) is 0 Å². The molecule has 3 rings (SSSR count). The largest absolute Gasteiger partial charge is 0.296 e. The molecule has 1 aliphatic heterocycles. The molecular weight excluding hydrogens is 384 g/mol. The van der Waals surface area contributed by atoms with Crippen molar-refractivity contribution in [2.75, 3.05) is 18.4 Å². The van der Waals surface area contributed by atoms with Gasteiger partial charge in [-0.2, -0.15) is 4.31 Å². The summed E-state index contributed by atoms with van der Waals surface area (Å²) < 4.78 is 26.8. The van der Waals surface area contributed by atoms with E-state index in [9.17, 15) is 13.2 Å². The van der Waals surface area contributed by atoms with E-state index < -0.39 is 10.0 Å². The Morgan fingerprint density at radius 2 is 1.85 bits per heavy atom. The lowest BCUT2D eigenvalue weighted by Gasteiger charge is -2.25. The summed E-state index contributed by atoms with van der Waals surface area (Å²) in [4.78, 5) is 12.6. The fourth-order valence-corrected chi connectivity index (χ4v) is 5.23. The van der Waals surface area contributed by atoms with E-state index in [1.807, 2.05) is 0 Å². The van der Waals surface area contributed by atoms with Gasteiger partial charge in [-0.05, 0) is 43.5 Å². The van der Waals surface area contributed by atoms with Crippen molar-refractivity contribution < 1.29 is 13.2 Å². The van der Waals surface area contributed by atoms with Crippen LogP contribution in [0.3, 0.4) is 0 Å². The summed E-state index contributed by atoms with van der Waals surface area (Å²) in [6, 6.07) is 6.05. The summed E-state index contributed by atoms with van der Waals surface area (Å²) in [6.07, 6.45) is 5.82. The highest BCUT2D eigenvalue weighted by Crippen LogP contribution is 2.22. The van der Waals surface area contributed by atoms with Gasteiger partial charge >= 0.3 is 0 Å². The topological polar surface area (TPSA) is 92.3 Å². The van der Waals surface area contributed by atoms with E-state index in [4.69, 9.17) is 0 Å². The number of nitrogens with one attached hydrogen (secondary N) is 1. The Morgan fingerprint density at radius 1 is 1.15 bits per heavy atom. The Balaban J connectivity index is 1.65. The van der Waals surface area contributed by atoms with E-state index in [-0.39, 0.29) is 10.8 Å². The molecule has 1 saturated heterocycles. The van der Waals surface area contributed by atoms with Crippen LogP contribution >= 0.6 is 11.3 Å². The Kier molecular flexibility index (Phi) is 6.56. The molecule has 0 unspecified atom stereocenters. The van der Waals surface area contributed by atoms with Crippen molar-refractivity contribution in [1.82, 2.24) is 14.5 Å². The Labute approximate surface area is 163 Å². The normalized spacial score (nSPS) is 15.6. The van der Waals surface area contributed by atoms with Crippen LogP contribution in [-0.2, 0) is 16.4 Å². The molecule has 1 fully saturated rings. The van der Waals surface area contributed by atoms with Gasteiger partial charge in [0, 0.05) is 25.1 Å². The minimum absolute atomic E-state index is 0.221. The quantitative estimate of drug-likeness (QED) is 0.759. The number of sulfonamides is 1. The molecule has 1 N–H and O–H groups in total. The Hall–Kier alpha value is -1.84. The average Bonchev–Trinajstić information content (AvgIpc) is 3.14. The molecule has 0 saturated carbocycles. The SMILES string of the molecule is CCCCc1nnc(NC(=O)c2ccc(S(=O)(=O)N3CCCCC3)cc2)s1. The van der Waals surface area contributed by atoms with Gasteiger partial charge in [0.05, 0.1) is 4.90 Å². The second-order valence-electron chi connectivity index (χ2n) is 6.55. The molecule has 1 aromatic heterocycles. The minimum atomic E-state index is -3.49. The minimum Gasteiger partial charge on any atom is -0.296 e. The number of carbonyl (C=O) groups is 1. The molecule has 7 nitrogen and oxygen atoms in total. The Morgan fingerprint density at radius 3 is 2.52 bits per heavy atom. The van der Waals surface area contributed by atoms with Gasteiger partial charge in [-0.1, -0.05) is 31.1 Å². The lowest BCUT2D eigenvalue weighted by molar-refractivity contribution is 0.102. The van der Waals surface area contributed by atoms with Crippen LogP contribution in [0.5, 0.6) is 0 Å². The van der Waals surface area contributed by atoms with Crippen LogP contribution in [0, 0.1) is 0 Å². The van der Waals surface area contributed by atoms with Gasteiger partial charge < -0.3 is 0 Å². The highest BCUT2D eigenvalue weighted by atomic mass is 32.2. The van der Waals surface area contributed by atoms with Gasteiger partial charge in [-0.15, -0.1) is 10.2 Å². The number of carbonyl (C=O) groups excluding carboxylic acids is 1. The highest BCUT2D eigenvalue weighted by Gasteiger charge is 2.26. The fourth-order valence-electron chi connectivity index (χ4n) is 2.94. The molecule has 0 bridgehead atoms. The molecule has 1 amide bonds. The van der Waals surface area contributed by atoms with Gasteiger partial charge in [0.1, 0.15) is 5.01 Å². The highest BCUT2D eigenvalue weighted by molar-refractivity contribution is 7.89. The third-order valence-corrected chi connectivity index (χ3v) is 7.31. The van der Waals surface area contributed by atoms with E-state index in [0.717, 1.165) is 43.5 Å². The smallest absolute Gasteiger partial charge is 0.257 e. The third kappa shape index (κ3) is 4.91. The van der Waals surface area contributed by atoms with Crippen LogP contribution in [0.15, 0.2) is 29.2 Å². The summed E-state index contributed by atoms with van der Waals surface area (Å²) in [5, 5.41) is 12.1. The van der Waals surface area contributed by atoms with Gasteiger partial charge in [-0.3, -0.25) is 10.1 Å². The Bertz CT molecular complexity index is 872. The first-order valence-electron chi connectivity index (χ1n) is 9.24. The summed E-state index contributed by atoms with van der Waals surface area (Å²) in [6.45, 7) is 3.23. The monoisotopic (exact) mass is 408 g/mol. The fraction of sp³-hybridized carbons (Fsp3) is 0.500. The number of anilines is 1. The molecule has 0 aliphatic carbocycles. The number of nitrogens with zero attached hydrogens (tertiary/aromatic N) is 3. The second-order valence-corrected chi connectivity index (χ2v) is 9.55. The lowest BCUT2D eigenvalue weighted by Crippen LogP contribution is -2.35. The molecule has 2 heterocycles. The van der Waals surface area contributed by atoms with Crippen molar-refractivity contribution in [3.8, 4) is 0 Å². The molecule has 1 aromatic carbocycles. The van der Waals surface area contributed by atoms with Crippen molar-refractivity contribution in [3.05, 3.63) is 34.8 Å². The van der Waals surface area contributed by atoms with Crippen molar-refractivity contribution in [1.29, 1.82) is 0 Å². The van der Waals surface area contributed by atoms with Crippen molar-refractivity contribution in [3.63, 3.8) is 0 Å². The van der Waals surface area contributed by atoms with Gasteiger partial charge in [-0.25, -0.2) is 8.42 Å². The molecule has 2 aromatic rings. The van der Waals surface area contributed by atoms with Gasteiger partial charge in [0.15, 0.2) is 0 Å². The number of aromatic nitrogens is 2. The summed E-state index contributed by atoms with van der Waals surface area (Å²) in [7, 11) is -3.49. The number of hydrogen-bond donors (Lipinski definition) is 1. The average molecular weight is 409 g/mol. The summed E-state index contributed by atoms with van der Waals surface area (Å²) in [5.74, 6) is -0.324. The predicted molar refractivity (Wildman–Crippen MR) is 106 cm³/mol. The maximum absolute atomic E-state index is 12.7. The predicted octanol–water partition coefficient (Wildman–Crippen LogP) is 3.31. The van der Waals surface area contributed by atoms with Crippen LogP contribution in [0.2, 0.25) is 0 Å². The van der Waals surface area contributed by atoms with Crippen LogP contribution in [0.1, 0.15) is 54.4 Å². The van der Waals surface area contributed by atoms with Crippen molar-refractivity contribution in [2.45, 2.75) is 50.3 Å². The molecule has 0 atom stereocenters. The molecule has 146 valence electrons. The molecule has 9 heteroatoms. The third-order valence-electron chi connectivity index (χ3n) is 4.50. The van der Waals surface area contributed by atoms with E-state index >= 15 is 0 Å². The van der Waals surface area contributed by atoms with Gasteiger partial charge in [0.25, 0.3) is 5.91 Å². The molecule has 27 heavy (non-hydrogen) atoms. The van der Waals surface area contributed by atoms with E-state index in [2.05, 4.69) is 22.4 Å². The van der Waals surface area contributed by atoms with Crippen LogP contribution < -0.4 is 5.32 Å². The summed E-state index contributed by atoms with van der Waals surface area (Å²) >= 11 is 1.37. The lowest BCUT2D eigenvalue weighted by atomic mass is 10.2.